The molecule has 1 amide bonds. The average molecular weight is 380 g/mol. The van der Waals surface area contributed by atoms with Gasteiger partial charge in [0.15, 0.2) is 0 Å². The summed E-state index contributed by atoms with van der Waals surface area (Å²) in [7, 11) is 0. The van der Waals surface area contributed by atoms with Gasteiger partial charge in [0.05, 0.1) is 0 Å². The number of fused-ring (bicyclic) bond motifs is 1. The fraction of sp³-hybridized carbons (Fsp3) is 0.417. The Labute approximate surface area is 167 Å². The van der Waals surface area contributed by atoms with E-state index in [-0.39, 0.29) is 5.91 Å². The van der Waals surface area contributed by atoms with Crippen LogP contribution in [0.15, 0.2) is 59.7 Å². The van der Waals surface area contributed by atoms with Crippen molar-refractivity contribution in [2.45, 2.75) is 57.9 Å². The van der Waals surface area contributed by atoms with Crippen LogP contribution in [0, 0.1) is 5.92 Å². The van der Waals surface area contributed by atoms with Crippen LogP contribution in [0.3, 0.4) is 0 Å². The highest BCUT2D eigenvalue weighted by Gasteiger charge is 2.45. The Bertz CT molecular complexity index is 833. The molecule has 0 atom stereocenters. The minimum atomic E-state index is -1.31. The lowest BCUT2D eigenvalue weighted by Crippen LogP contribution is -2.55. The Balaban J connectivity index is 1.88. The van der Waals surface area contributed by atoms with Crippen molar-refractivity contribution < 1.29 is 14.7 Å². The normalized spacial score (nSPS) is 18.9. The van der Waals surface area contributed by atoms with Gasteiger partial charge in [-0.1, -0.05) is 61.4 Å². The molecule has 3 rings (SSSR count). The molecule has 148 valence electrons. The number of hydrogen-bond acceptors (Lipinski definition) is 2. The zero-order valence-electron chi connectivity index (χ0n) is 16.8. The van der Waals surface area contributed by atoms with Gasteiger partial charge in [-0.15, -0.1) is 0 Å². The van der Waals surface area contributed by atoms with Gasteiger partial charge >= 0.3 is 5.97 Å². The highest BCUT2D eigenvalue weighted by Crippen LogP contribution is 2.36. The summed E-state index contributed by atoms with van der Waals surface area (Å²) in [5.41, 5.74) is 3.16. The molecule has 1 aromatic rings. The summed E-state index contributed by atoms with van der Waals surface area (Å²) < 4.78 is 0. The fourth-order valence-electron chi connectivity index (χ4n) is 4.02. The van der Waals surface area contributed by atoms with Crippen LogP contribution in [0.1, 0.15) is 50.7 Å². The Kier molecular flexibility index (Phi) is 5.87. The molecule has 2 aliphatic carbocycles. The lowest BCUT2D eigenvalue weighted by atomic mass is 9.92. The second-order valence-electron chi connectivity index (χ2n) is 8.01. The third-order valence-electron chi connectivity index (χ3n) is 6.05. The molecule has 0 saturated heterocycles. The average Bonchev–Trinajstić information content (AvgIpc) is 3.42. The summed E-state index contributed by atoms with van der Waals surface area (Å²) in [6.45, 7) is 7.80. The summed E-state index contributed by atoms with van der Waals surface area (Å²) in [5.74, 6) is -0.594. The first-order chi connectivity index (χ1) is 13.4. The van der Waals surface area contributed by atoms with Gasteiger partial charge in [0.1, 0.15) is 5.54 Å². The zero-order valence-corrected chi connectivity index (χ0v) is 16.8. The zero-order chi connectivity index (χ0) is 20.3. The predicted molar refractivity (Wildman–Crippen MR) is 111 cm³/mol. The molecule has 1 aromatic carbocycles. The summed E-state index contributed by atoms with van der Waals surface area (Å²) in [6, 6.07) is 7.67. The number of nitrogens with one attached hydrogen (secondary N) is 1. The summed E-state index contributed by atoms with van der Waals surface area (Å²) >= 11 is 0. The molecular formula is C24H29NO3. The van der Waals surface area contributed by atoms with Gasteiger partial charge in [-0.2, -0.15) is 0 Å². The molecule has 0 aromatic heterocycles. The van der Waals surface area contributed by atoms with E-state index < -0.39 is 11.5 Å². The van der Waals surface area contributed by atoms with E-state index in [2.05, 4.69) is 11.9 Å². The molecule has 28 heavy (non-hydrogen) atoms. The Morgan fingerprint density at radius 1 is 1.25 bits per heavy atom. The van der Waals surface area contributed by atoms with E-state index in [0.29, 0.717) is 18.4 Å². The smallest absolute Gasteiger partial charge is 0.330 e. The van der Waals surface area contributed by atoms with E-state index in [1.807, 2.05) is 44.2 Å². The SMILES string of the molecule is C=C/C(C(=O)NC1(C(=O)O)Cc2ccccc2C1)=C(CCC1CC1)\C(C)=C/C. The maximum Gasteiger partial charge on any atom is 0.330 e. The van der Waals surface area contributed by atoms with Gasteiger partial charge in [-0.05, 0) is 49.3 Å². The van der Waals surface area contributed by atoms with Crippen LogP contribution < -0.4 is 5.32 Å². The second-order valence-corrected chi connectivity index (χ2v) is 8.01. The van der Waals surface area contributed by atoms with Crippen molar-refractivity contribution in [3.63, 3.8) is 0 Å². The van der Waals surface area contributed by atoms with E-state index in [9.17, 15) is 14.7 Å². The van der Waals surface area contributed by atoms with Gasteiger partial charge in [0.25, 0.3) is 5.91 Å². The molecule has 0 radical (unpaired) electrons. The van der Waals surface area contributed by atoms with Crippen molar-refractivity contribution in [2.75, 3.05) is 0 Å². The largest absolute Gasteiger partial charge is 0.479 e. The first-order valence-corrected chi connectivity index (χ1v) is 10.0. The predicted octanol–water partition coefficient (Wildman–Crippen LogP) is 4.36. The Hall–Kier alpha value is -2.62. The molecule has 0 heterocycles. The maximum absolute atomic E-state index is 13.2. The summed E-state index contributed by atoms with van der Waals surface area (Å²) in [5, 5.41) is 12.8. The van der Waals surface area contributed by atoms with Gasteiger partial charge in [-0.25, -0.2) is 4.79 Å². The van der Waals surface area contributed by atoms with Crippen molar-refractivity contribution >= 4 is 11.9 Å². The van der Waals surface area contributed by atoms with Crippen LogP contribution in [-0.2, 0) is 22.4 Å². The molecule has 0 aliphatic heterocycles. The summed E-state index contributed by atoms with van der Waals surface area (Å²) in [4.78, 5) is 25.3. The van der Waals surface area contributed by atoms with Crippen LogP contribution in [0.25, 0.3) is 0 Å². The molecule has 1 fully saturated rings. The number of carboxylic acid groups (broad SMARTS) is 1. The second kappa shape index (κ2) is 8.17. The van der Waals surface area contributed by atoms with E-state index >= 15 is 0 Å². The van der Waals surface area contributed by atoms with Crippen LogP contribution >= 0.6 is 0 Å². The monoisotopic (exact) mass is 379 g/mol. The lowest BCUT2D eigenvalue weighted by Gasteiger charge is -2.26. The van der Waals surface area contributed by atoms with E-state index in [0.717, 1.165) is 41.0 Å². The van der Waals surface area contributed by atoms with Gasteiger partial charge in [-0.3, -0.25) is 4.79 Å². The number of hydrogen-bond donors (Lipinski definition) is 2. The Morgan fingerprint density at radius 3 is 2.32 bits per heavy atom. The number of carbonyl (C=O) groups is 2. The number of amides is 1. The van der Waals surface area contributed by atoms with E-state index in [1.165, 1.54) is 12.8 Å². The Morgan fingerprint density at radius 2 is 1.86 bits per heavy atom. The molecule has 1 saturated carbocycles. The molecule has 0 bridgehead atoms. The minimum Gasteiger partial charge on any atom is -0.479 e. The number of carboxylic acids is 1. The topological polar surface area (TPSA) is 66.4 Å². The first kappa shape index (κ1) is 20.1. The first-order valence-electron chi connectivity index (χ1n) is 10.0. The van der Waals surface area contributed by atoms with Crippen LogP contribution in [0.5, 0.6) is 0 Å². The highest BCUT2D eigenvalue weighted by molar-refractivity contribution is 6.01. The molecule has 0 spiro atoms. The van der Waals surface area contributed by atoms with Crippen molar-refractivity contribution in [1.29, 1.82) is 0 Å². The molecule has 4 heteroatoms. The quantitative estimate of drug-likeness (QED) is 0.521. The number of rotatable bonds is 8. The van der Waals surface area contributed by atoms with E-state index in [1.54, 1.807) is 6.08 Å². The standard InChI is InChI=1S/C24H29NO3/c1-4-16(3)21(13-12-17-10-11-17)20(5-2)22(26)25-24(23(27)28)14-18-8-6-7-9-19(18)15-24/h4-9,17H,2,10-15H2,1,3H3,(H,25,26)(H,27,28)/b16-4-,21-20+. The van der Waals surface area contributed by atoms with Gasteiger partial charge in [0, 0.05) is 18.4 Å². The lowest BCUT2D eigenvalue weighted by molar-refractivity contribution is -0.146. The number of allylic oxidation sites excluding steroid dienone is 3. The highest BCUT2D eigenvalue weighted by atomic mass is 16.4. The molecule has 2 N–H and O–H groups in total. The number of benzene rings is 1. The third-order valence-corrected chi connectivity index (χ3v) is 6.05. The maximum atomic E-state index is 13.2. The van der Waals surface area contributed by atoms with Crippen LogP contribution in [0.2, 0.25) is 0 Å². The molecule has 2 aliphatic rings. The number of carbonyl (C=O) groups excluding carboxylic acids is 1. The van der Waals surface area contributed by atoms with Crippen molar-refractivity contribution in [3.8, 4) is 0 Å². The minimum absolute atomic E-state index is 0.300. The molecule has 0 unspecified atom stereocenters. The third kappa shape index (κ3) is 4.11. The van der Waals surface area contributed by atoms with Crippen molar-refractivity contribution in [3.05, 3.63) is 70.8 Å². The fourth-order valence-corrected chi connectivity index (χ4v) is 4.02. The summed E-state index contributed by atoms with van der Waals surface area (Å²) in [6.07, 6.45) is 8.57. The molecular weight excluding hydrogens is 350 g/mol. The van der Waals surface area contributed by atoms with Crippen molar-refractivity contribution in [2.24, 2.45) is 5.92 Å². The number of aliphatic carboxylic acids is 1. The molecule has 4 nitrogen and oxygen atoms in total. The van der Waals surface area contributed by atoms with Gasteiger partial charge in [0.2, 0.25) is 0 Å². The van der Waals surface area contributed by atoms with Gasteiger partial charge < -0.3 is 10.4 Å². The van der Waals surface area contributed by atoms with Crippen LogP contribution in [0.4, 0.5) is 0 Å². The van der Waals surface area contributed by atoms with Crippen LogP contribution in [-0.4, -0.2) is 22.5 Å². The van der Waals surface area contributed by atoms with Crippen molar-refractivity contribution in [1.82, 2.24) is 5.32 Å². The van der Waals surface area contributed by atoms with E-state index in [4.69, 9.17) is 0 Å².